The van der Waals surface area contributed by atoms with Crippen molar-refractivity contribution in [1.82, 2.24) is 4.98 Å². The highest BCUT2D eigenvalue weighted by atomic mass is 35.5. The molecule has 1 saturated heterocycles. The maximum absolute atomic E-state index is 12.5. The minimum atomic E-state index is -4.62. The van der Waals surface area contributed by atoms with Gasteiger partial charge in [-0.25, -0.2) is 0 Å². The van der Waals surface area contributed by atoms with Crippen LogP contribution in [-0.2, 0) is 11.0 Å². The molecule has 0 aliphatic carbocycles. The molecular weight excluding hydrogens is 347 g/mol. The van der Waals surface area contributed by atoms with Crippen LogP contribution < -0.4 is 10.2 Å². The second-order valence-electron chi connectivity index (χ2n) is 5.35. The summed E-state index contributed by atoms with van der Waals surface area (Å²) in [6.45, 7) is 0.666. The molecule has 1 fully saturated rings. The van der Waals surface area contributed by atoms with Crippen molar-refractivity contribution in [3.05, 3.63) is 41.2 Å². The molecule has 0 bridgehead atoms. The van der Waals surface area contributed by atoms with Crippen molar-refractivity contribution in [1.29, 1.82) is 0 Å². The lowest BCUT2D eigenvalue weighted by atomic mass is 10.2. The van der Waals surface area contributed by atoms with E-state index in [1.54, 1.807) is 24.3 Å². The smallest absolute Gasteiger partial charge is 0.431 e. The van der Waals surface area contributed by atoms with Gasteiger partial charge in [0.2, 0.25) is 0 Å². The summed E-state index contributed by atoms with van der Waals surface area (Å²) in [6, 6.07) is 6.05. The highest BCUT2D eigenvalue weighted by molar-refractivity contribution is 6.30. The second-order valence-corrected chi connectivity index (χ2v) is 5.79. The molecule has 5 nitrogen and oxygen atoms in total. The molecule has 0 radical (unpaired) electrons. The molecule has 9 heteroatoms. The number of amides is 1. The number of oxazole rings is 1. The number of benzene rings is 1. The summed E-state index contributed by atoms with van der Waals surface area (Å²) in [5, 5.41) is 2.88. The summed E-state index contributed by atoms with van der Waals surface area (Å²) >= 11 is 5.85. The summed E-state index contributed by atoms with van der Waals surface area (Å²) in [5.41, 5.74) is -0.362. The number of nitrogens with zero attached hydrogens (tertiary/aromatic N) is 2. The normalized spacial score (nSPS) is 18.0. The Balaban J connectivity index is 1.72. The molecule has 1 aliphatic rings. The van der Waals surface area contributed by atoms with E-state index in [4.69, 9.17) is 11.6 Å². The Morgan fingerprint density at radius 1 is 1.33 bits per heavy atom. The van der Waals surface area contributed by atoms with Gasteiger partial charge in [-0.3, -0.25) is 10.1 Å². The van der Waals surface area contributed by atoms with Gasteiger partial charge >= 0.3 is 12.2 Å². The van der Waals surface area contributed by atoms with Crippen molar-refractivity contribution in [3.8, 4) is 0 Å². The maximum atomic E-state index is 12.5. The van der Waals surface area contributed by atoms with Crippen molar-refractivity contribution >= 4 is 29.2 Å². The van der Waals surface area contributed by atoms with E-state index in [1.807, 2.05) is 4.90 Å². The fourth-order valence-corrected chi connectivity index (χ4v) is 2.76. The van der Waals surface area contributed by atoms with Gasteiger partial charge in [0.15, 0.2) is 5.69 Å². The fourth-order valence-electron chi connectivity index (χ4n) is 2.63. The number of nitrogens with one attached hydrogen (secondary N) is 1. The molecule has 1 atom stereocenters. The van der Waals surface area contributed by atoms with Crippen LogP contribution in [0.15, 0.2) is 34.9 Å². The van der Waals surface area contributed by atoms with Crippen LogP contribution in [0, 0.1) is 0 Å². The molecule has 1 aromatic heterocycles. The molecule has 0 unspecified atom stereocenters. The summed E-state index contributed by atoms with van der Waals surface area (Å²) < 4.78 is 42.2. The topological polar surface area (TPSA) is 58.4 Å². The minimum Gasteiger partial charge on any atom is -0.431 e. The van der Waals surface area contributed by atoms with E-state index in [2.05, 4.69) is 14.7 Å². The van der Waals surface area contributed by atoms with Gasteiger partial charge < -0.3 is 9.32 Å². The summed E-state index contributed by atoms with van der Waals surface area (Å²) in [7, 11) is 0. The van der Waals surface area contributed by atoms with Crippen LogP contribution in [0.4, 0.5) is 24.9 Å². The monoisotopic (exact) mass is 359 g/mol. The first-order valence-electron chi connectivity index (χ1n) is 7.20. The number of carbonyl (C=O) groups is 1. The standard InChI is InChI=1S/C15H13ClF3N3O2/c16-9-3-5-10(6-4-9)22-7-1-2-11(22)13(23)21-14-20-12(8-24-14)15(17,18)19/h3-6,8,11H,1-2,7H2,(H,20,21,23)/t11-/m0/s1. The molecule has 2 aromatic rings. The predicted octanol–water partition coefficient (Wildman–Crippen LogP) is 3.95. The number of hydrogen-bond donors (Lipinski definition) is 1. The van der Waals surface area contributed by atoms with Gasteiger partial charge in [-0.1, -0.05) is 11.6 Å². The quantitative estimate of drug-likeness (QED) is 0.901. The third kappa shape index (κ3) is 3.48. The summed E-state index contributed by atoms with van der Waals surface area (Å²) in [6.07, 6.45) is -2.77. The minimum absolute atomic E-state index is 0.460. The molecule has 0 saturated carbocycles. The van der Waals surface area contributed by atoms with E-state index in [9.17, 15) is 18.0 Å². The van der Waals surface area contributed by atoms with Crippen LogP contribution in [0.3, 0.4) is 0 Å². The molecule has 2 heterocycles. The number of anilines is 2. The number of alkyl halides is 3. The Kier molecular flexibility index (Phi) is 4.40. The van der Waals surface area contributed by atoms with Crippen LogP contribution in [-0.4, -0.2) is 23.5 Å². The van der Waals surface area contributed by atoms with E-state index in [0.717, 1.165) is 12.1 Å². The number of rotatable bonds is 3. The van der Waals surface area contributed by atoms with Gasteiger partial charge in [-0.05, 0) is 37.1 Å². The maximum Gasteiger partial charge on any atom is 0.436 e. The third-order valence-corrected chi connectivity index (χ3v) is 3.99. The number of hydrogen-bond acceptors (Lipinski definition) is 4. The van der Waals surface area contributed by atoms with E-state index in [1.165, 1.54) is 0 Å². The molecule has 24 heavy (non-hydrogen) atoms. The zero-order chi connectivity index (χ0) is 17.3. The van der Waals surface area contributed by atoms with Crippen molar-refractivity contribution in [2.45, 2.75) is 25.1 Å². The van der Waals surface area contributed by atoms with Crippen LogP contribution in [0.5, 0.6) is 0 Å². The van der Waals surface area contributed by atoms with Gasteiger partial charge in [0.1, 0.15) is 12.3 Å². The number of carbonyl (C=O) groups excluding carboxylic acids is 1. The van der Waals surface area contributed by atoms with Crippen LogP contribution in [0.2, 0.25) is 5.02 Å². The predicted molar refractivity (Wildman–Crippen MR) is 82.0 cm³/mol. The zero-order valence-electron chi connectivity index (χ0n) is 12.3. The zero-order valence-corrected chi connectivity index (χ0v) is 13.1. The van der Waals surface area contributed by atoms with E-state index >= 15 is 0 Å². The van der Waals surface area contributed by atoms with Gasteiger partial charge in [0.05, 0.1) is 0 Å². The Hall–Kier alpha value is -2.22. The summed E-state index contributed by atoms with van der Waals surface area (Å²) in [5.74, 6) is -0.460. The number of aromatic nitrogens is 1. The highest BCUT2D eigenvalue weighted by Gasteiger charge is 2.36. The molecule has 1 N–H and O–H groups in total. The largest absolute Gasteiger partial charge is 0.436 e. The van der Waals surface area contributed by atoms with Crippen molar-refractivity contribution in [2.24, 2.45) is 0 Å². The highest BCUT2D eigenvalue weighted by Crippen LogP contribution is 2.30. The first-order chi connectivity index (χ1) is 11.3. The Bertz CT molecular complexity index is 730. The van der Waals surface area contributed by atoms with Crippen LogP contribution in [0.25, 0.3) is 0 Å². The van der Waals surface area contributed by atoms with Crippen molar-refractivity contribution < 1.29 is 22.4 Å². The first kappa shape index (κ1) is 16.6. The SMILES string of the molecule is O=C(Nc1nc(C(F)(F)F)co1)[C@@H]1CCCN1c1ccc(Cl)cc1. The Labute approximate surface area is 140 Å². The molecule has 1 aliphatic heterocycles. The number of halogens is 4. The molecule has 1 aromatic carbocycles. The average molecular weight is 360 g/mol. The Morgan fingerprint density at radius 2 is 2.04 bits per heavy atom. The van der Waals surface area contributed by atoms with Gasteiger partial charge in [0.25, 0.3) is 5.91 Å². The van der Waals surface area contributed by atoms with Gasteiger partial charge in [-0.15, -0.1) is 0 Å². The van der Waals surface area contributed by atoms with Crippen LogP contribution in [0.1, 0.15) is 18.5 Å². The third-order valence-electron chi connectivity index (χ3n) is 3.74. The first-order valence-corrected chi connectivity index (χ1v) is 7.58. The van der Waals surface area contributed by atoms with Crippen LogP contribution >= 0.6 is 11.6 Å². The molecule has 128 valence electrons. The lowest BCUT2D eigenvalue weighted by molar-refractivity contribution is -0.141. The molecule has 3 rings (SSSR count). The fraction of sp³-hybridized carbons (Fsp3) is 0.333. The van der Waals surface area contributed by atoms with Gasteiger partial charge in [0, 0.05) is 17.3 Å². The van der Waals surface area contributed by atoms with E-state index < -0.39 is 29.8 Å². The van der Waals surface area contributed by atoms with Crippen molar-refractivity contribution in [2.75, 3.05) is 16.8 Å². The lowest BCUT2D eigenvalue weighted by Gasteiger charge is -2.25. The van der Waals surface area contributed by atoms with E-state index in [-0.39, 0.29) is 0 Å². The lowest BCUT2D eigenvalue weighted by Crippen LogP contribution is -2.39. The Morgan fingerprint density at radius 3 is 2.67 bits per heavy atom. The van der Waals surface area contributed by atoms with Gasteiger partial charge in [-0.2, -0.15) is 18.2 Å². The van der Waals surface area contributed by atoms with E-state index in [0.29, 0.717) is 24.3 Å². The summed E-state index contributed by atoms with van der Waals surface area (Å²) in [4.78, 5) is 17.5. The second kappa shape index (κ2) is 6.35. The molecular formula is C15H13ClF3N3O2. The van der Waals surface area contributed by atoms with Crippen molar-refractivity contribution in [3.63, 3.8) is 0 Å². The molecule has 0 spiro atoms. The molecule has 1 amide bonds. The average Bonchev–Trinajstić information content (AvgIpc) is 3.16.